The number of carbonyl (C=O) groups excluding carboxylic acids is 2. The predicted molar refractivity (Wildman–Crippen MR) is 91.9 cm³/mol. The summed E-state index contributed by atoms with van der Waals surface area (Å²) in [6, 6.07) is 6.25. The minimum absolute atomic E-state index is 0.124. The molecule has 2 aliphatic rings. The van der Waals surface area contributed by atoms with Crippen LogP contribution in [0.1, 0.15) is 31.2 Å². The maximum Gasteiger partial charge on any atom is 0.308 e. The normalized spacial score (nSPS) is 21.2. The Morgan fingerprint density at radius 1 is 1.31 bits per heavy atom. The second-order valence-corrected chi connectivity index (χ2v) is 7.24. The lowest BCUT2D eigenvalue weighted by molar-refractivity contribution is -0.147. The van der Waals surface area contributed by atoms with Crippen LogP contribution < -0.4 is 0 Å². The van der Waals surface area contributed by atoms with E-state index in [1.165, 1.54) is 15.9 Å². The van der Waals surface area contributed by atoms with Gasteiger partial charge in [0.15, 0.2) is 0 Å². The molecule has 0 bridgehead atoms. The van der Waals surface area contributed by atoms with E-state index in [1.54, 1.807) is 25.2 Å². The average Bonchev–Trinajstić information content (AvgIpc) is 3.43. The molecule has 2 fully saturated rings. The molecule has 3 rings (SSSR count). The van der Waals surface area contributed by atoms with Crippen LogP contribution in [0.2, 0.25) is 0 Å². The third-order valence-electron chi connectivity index (χ3n) is 5.39. The number of rotatable bonds is 5. The summed E-state index contributed by atoms with van der Waals surface area (Å²) in [5.74, 6) is -2.39. The van der Waals surface area contributed by atoms with Gasteiger partial charge >= 0.3 is 5.97 Å². The number of likely N-dealkylation sites (N-methyl/N-ethyl adjacent to an activating group) is 1. The Bertz CT molecular complexity index is 732. The van der Waals surface area contributed by atoms with E-state index in [2.05, 4.69) is 0 Å². The highest BCUT2D eigenvalue weighted by atomic mass is 19.1. The molecule has 140 valence electrons. The number of carbonyl (C=O) groups is 3. The van der Waals surface area contributed by atoms with E-state index in [-0.39, 0.29) is 24.9 Å². The number of amides is 2. The predicted octanol–water partition coefficient (Wildman–Crippen LogP) is 1.64. The fraction of sp³-hybridized carbons (Fsp3) is 0.526. The molecule has 1 saturated heterocycles. The minimum atomic E-state index is -0.900. The van der Waals surface area contributed by atoms with E-state index in [0.29, 0.717) is 37.8 Å². The summed E-state index contributed by atoms with van der Waals surface area (Å²) < 4.78 is 14.1. The largest absolute Gasteiger partial charge is 0.481 e. The van der Waals surface area contributed by atoms with Crippen molar-refractivity contribution >= 4 is 17.8 Å². The van der Waals surface area contributed by atoms with Gasteiger partial charge in [-0.05, 0) is 31.7 Å². The van der Waals surface area contributed by atoms with Gasteiger partial charge < -0.3 is 14.9 Å². The van der Waals surface area contributed by atoms with Crippen molar-refractivity contribution < 1.29 is 23.9 Å². The molecule has 6 nitrogen and oxygen atoms in total. The molecule has 1 atom stereocenters. The average molecular weight is 362 g/mol. The maximum atomic E-state index is 14.1. The number of hydrogen-bond donors (Lipinski definition) is 1. The number of halogens is 1. The summed E-state index contributed by atoms with van der Waals surface area (Å²) in [4.78, 5) is 39.4. The Balaban J connectivity index is 1.65. The van der Waals surface area contributed by atoms with Gasteiger partial charge in [0, 0.05) is 25.7 Å². The van der Waals surface area contributed by atoms with Gasteiger partial charge in [-0.2, -0.15) is 0 Å². The molecule has 1 heterocycles. The number of likely N-dealkylation sites (tertiary alicyclic amines) is 1. The summed E-state index contributed by atoms with van der Waals surface area (Å²) in [7, 11) is 1.54. The first-order chi connectivity index (χ1) is 12.3. The minimum Gasteiger partial charge on any atom is -0.481 e. The molecule has 7 heteroatoms. The van der Waals surface area contributed by atoms with Gasteiger partial charge in [0.2, 0.25) is 11.8 Å². The molecule has 1 N–H and O–H groups in total. The molecule has 1 saturated carbocycles. The Hall–Kier alpha value is -2.44. The molecule has 1 aliphatic carbocycles. The van der Waals surface area contributed by atoms with Crippen molar-refractivity contribution in [3.05, 3.63) is 35.6 Å². The van der Waals surface area contributed by atoms with Crippen molar-refractivity contribution in [1.29, 1.82) is 0 Å². The fourth-order valence-electron chi connectivity index (χ4n) is 3.72. The van der Waals surface area contributed by atoms with Gasteiger partial charge in [-0.25, -0.2) is 4.39 Å². The third-order valence-corrected chi connectivity index (χ3v) is 5.39. The van der Waals surface area contributed by atoms with E-state index in [4.69, 9.17) is 5.11 Å². The van der Waals surface area contributed by atoms with Crippen LogP contribution in [0, 0.1) is 11.7 Å². The standard InChI is InChI=1S/C19H23FN2O4/c1-21(12-16(23)22-10-4-5-13(11-22)17(24)25)18(26)19(8-9-19)14-6-2-3-7-15(14)20/h2-3,6-7,13H,4-5,8-12H2,1H3,(H,24,25). The molecular weight excluding hydrogens is 339 g/mol. The number of piperidine rings is 1. The molecule has 0 spiro atoms. The molecule has 1 aliphatic heterocycles. The Morgan fingerprint density at radius 3 is 2.62 bits per heavy atom. The number of nitrogens with zero attached hydrogens (tertiary/aromatic N) is 2. The molecule has 1 aromatic carbocycles. The van der Waals surface area contributed by atoms with Gasteiger partial charge in [0.25, 0.3) is 0 Å². The van der Waals surface area contributed by atoms with Crippen LogP contribution >= 0.6 is 0 Å². The SMILES string of the molecule is CN(CC(=O)N1CCCC(C(=O)O)C1)C(=O)C1(c2ccccc2F)CC1. The van der Waals surface area contributed by atoms with Crippen LogP contribution in [0.15, 0.2) is 24.3 Å². The highest BCUT2D eigenvalue weighted by molar-refractivity contribution is 5.94. The number of benzene rings is 1. The smallest absolute Gasteiger partial charge is 0.308 e. The molecule has 0 aromatic heterocycles. The van der Waals surface area contributed by atoms with Crippen molar-refractivity contribution in [3.8, 4) is 0 Å². The van der Waals surface area contributed by atoms with Crippen LogP contribution in [-0.4, -0.2) is 59.4 Å². The van der Waals surface area contributed by atoms with Gasteiger partial charge in [0.1, 0.15) is 5.82 Å². The fourth-order valence-corrected chi connectivity index (χ4v) is 3.72. The first-order valence-corrected chi connectivity index (χ1v) is 8.86. The second kappa shape index (κ2) is 7.05. The van der Waals surface area contributed by atoms with Crippen molar-refractivity contribution in [1.82, 2.24) is 9.80 Å². The van der Waals surface area contributed by atoms with Crippen molar-refractivity contribution in [2.75, 3.05) is 26.7 Å². The van der Waals surface area contributed by atoms with Crippen LogP contribution in [0.3, 0.4) is 0 Å². The lowest BCUT2D eigenvalue weighted by Gasteiger charge is -2.32. The molecule has 1 unspecified atom stereocenters. The molecular formula is C19H23FN2O4. The maximum absolute atomic E-state index is 14.1. The van der Waals surface area contributed by atoms with E-state index < -0.39 is 23.1 Å². The van der Waals surface area contributed by atoms with Gasteiger partial charge in [-0.3, -0.25) is 14.4 Å². The van der Waals surface area contributed by atoms with Crippen molar-refractivity contribution in [3.63, 3.8) is 0 Å². The lowest BCUT2D eigenvalue weighted by Crippen LogP contribution is -2.48. The number of carboxylic acids is 1. The zero-order valence-corrected chi connectivity index (χ0v) is 14.8. The number of aliphatic carboxylic acids is 1. The van der Waals surface area contributed by atoms with Crippen LogP contribution in [-0.2, 0) is 19.8 Å². The quantitative estimate of drug-likeness (QED) is 0.864. The third kappa shape index (κ3) is 3.43. The molecule has 0 radical (unpaired) electrons. The van der Waals surface area contributed by atoms with E-state index in [9.17, 15) is 18.8 Å². The van der Waals surface area contributed by atoms with Crippen LogP contribution in [0.4, 0.5) is 4.39 Å². The van der Waals surface area contributed by atoms with E-state index >= 15 is 0 Å². The van der Waals surface area contributed by atoms with Crippen LogP contribution in [0.25, 0.3) is 0 Å². The zero-order valence-electron chi connectivity index (χ0n) is 14.8. The Kier molecular flexibility index (Phi) is 4.98. The highest BCUT2D eigenvalue weighted by Gasteiger charge is 2.54. The van der Waals surface area contributed by atoms with Crippen molar-refractivity contribution in [2.24, 2.45) is 5.92 Å². The lowest BCUT2D eigenvalue weighted by atomic mass is 9.93. The summed E-state index contributed by atoms with van der Waals surface area (Å²) in [6.07, 6.45) is 2.33. The molecule has 1 aromatic rings. The monoisotopic (exact) mass is 362 g/mol. The number of carboxylic acid groups (broad SMARTS) is 1. The van der Waals surface area contributed by atoms with Crippen LogP contribution in [0.5, 0.6) is 0 Å². The second-order valence-electron chi connectivity index (χ2n) is 7.24. The Labute approximate surface area is 151 Å². The topological polar surface area (TPSA) is 77.9 Å². The van der Waals surface area contributed by atoms with E-state index in [1.807, 2.05) is 0 Å². The Morgan fingerprint density at radius 2 is 2.00 bits per heavy atom. The van der Waals surface area contributed by atoms with Gasteiger partial charge in [-0.1, -0.05) is 18.2 Å². The van der Waals surface area contributed by atoms with Gasteiger partial charge in [-0.15, -0.1) is 0 Å². The number of hydrogen-bond acceptors (Lipinski definition) is 3. The molecule has 26 heavy (non-hydrogen) atoms. The summed E-state index contributed by atoms with van der Waals surface area (Å²) in [5.41, 5.74) is -0.487. The summed E-state index contributed by atoms with van der Waals surface area (Å²) in [6.45, 7) is 0.555. The first-order valence-electron chi connectivity index (χ1n) is 8.86. The highest BCUT2D eigenvalue weighted by Crippen LogP contribution is 2.50. The first kappa shape index (κ1) is 18.4. The van der Waals surface area contributed by atoms with Crippen molar-refractivity contribution in [2.45, 2.75) is 31.1 Å². The zero-order chi connectivity index (χ0) is 18.9. The molecule has 2 amide bonds. The summed E-state index contributed by atoms with van der Waals surface area (Å²) in [5, 5.41) is 9.14. The summed E-state index contributed by atoms with van der Waals surface area (Å²) >= 11 is 0. The van der Waals surface area contributed by atoms with Gasteiger partial charge in [0.05, 0.1) is 17.9 Å². The van der Waals surface area contributed by atoms with E-state index in [0.717, 1.165) is 0 Å².